The zero-order chi connectivity index (χ0) is 34.1. The zero-order valence-electron chi connectivity index (χ0n) is 27.4. The summed E-state index contributed by atoms with van der Waals surface area (Å²) in [6, 6.07) is 21.0. The van der Waals surface area contributed by atoms with Crippen LogP contribution < -0.4 is 69.2 Å². The Morgan fingerprint density at radius 1 is 0.673 bits per heavy atom. The number of methoxy groups -OCH3 is 1. The Morgan fingerprint density at radius 3 is 1.92 bits per heavy atom. The topological polar surface area (TPSA) is 205 Å². The first-order chi connectivity index (χ1) is 22.2. The van der Waals surface area contributed by atoms with Gasteiger partial charge < -0.3 is 24.3 Å². The number of aryl methyl sites for hydroxylation is 3. The molecule has 2 N–H and O–H groups in total. The first kappa shape index (κ1) is 40.2. The number of benzene rings is 5. The number of anilines is 2. The number of rotatable bonds is 9. The van der Waals surface area contributed by atoms with Crippen LogP contribution in [0.25, 0.3) is 10.8 Å². The maximum Gasteiger partial charge on any atom is 1.00 e. The summed E-state index contributed by atoms with van der Waals surface area (Å²) < 4.78 is 77.8. The second-order valence-electron chi connectivity index (χ2n) is 10.5. The number of nitrogens with one attached hydrogen (secondary N) is 1. The normalized spacial score (nSPS) is 11.8. The first-order valence-corrected chi connectivity index (χ1v) is 16.6. The van der Waals surface area contributed by atoms with E-state index in [4.69, 9.17) is 4.74 Å². The van der Waals surface area contributed by atoms with Crippen molar-refractivity contribution in [3.8, 4) is 11.5 Å². The van der Waals surface area contributed by atoms with Gasteiger partial charge in [-0.25, -0.2) is 16.8 Å². The summed E-state index contributed by atoms with van der Waals surface area (Å²) in [6.07, 6.45) is 0. The summed E-state index contributed by atoms with van der Waals surface area (Å²) in [5.41, 5.74) is 2.51. The van der Waals surface area contributed by atoms with Gasteiger partial charge in [0.2, 0.25) is 0 Å². The monoisotopic (exact) mass is 719 g/mol. The Kier molecular flexibility index (Phi) is 13.3. The Morgan fingerprint density at radius 2 is 1.29 bits per heavy atom. The maximum absolute atomic E-state index is 12.3. The second kappa shape index (κ2) is 16.2. The van der Waals surface area contributed by atoms with Crippen LogP contribution in [0.2, 0.25) is 0 Å². The van der Waals surface area contributed by atoms with Crippen molar-refractivity contribution in [2.75, 3.05) is 12.4 Å². The fraction of sp³-hybridized carbons (Fsp3) is 0.125. The number of nitrogens with zero attached hydrogens (tertiary/aromatic N) is 4. The predicted octanol–water partition coefficient (Wildman–Crippen LogP) is 1.87. The fourth-order valence-corrected chi connectivity index (χ4v) is 6.28. The van der Waals surface area contributed by atoms with E-state index in [9.17, 15) is 31.0 Å². The van der Waals surface area contributed by atoms with E-state index in [0.29, 0.717) is 22.4 Å². The van der Waals surface area contributed by atoms with Gasteiger partial charge in [0.15, 0.2) is 5.75 Å². The number of phenols is 1. The molecule has 0 amide bonds. The molecule has 0 spiro atoms. The Hall–Kier alpha value is -3.22. The van der Waals surface area contributed by atoms with Crippen LogP contribution in [0.5, 0.6) is 11.5 Å². The van der Waals surface area contributed by atoms with Crippen molar-refractivity contribution in [3.63, 3.8) is 0 Å². The third-order valence-electron chi connectivity index (χ3n) is 7.07. The van der Waals surface area contributed by atoms with Gasteiger partial charge in [0, 0.05) is 22.8 Å². The molecule has 17 heteroatoms. The molecule has 13 nitrogen and oxygen atoms in total. The van der Waals surface area contributed by atoms with Crippen molar-refractivity contribution >= 4 is 65.1 Å². The summed E-state index contributed by atoms with van der Waals surface area (Å²) in [4.78, 5) is -1.28. The molecule has 0 saturated carbocycles. The van der Waals surface area contributed by atoms with Crippen LogP contribution in [0.1, 0.15) is 16.7 Å². The average Bonchev–Trinajstić information content (AvgIpc) is 3.00. The van der Waals surface area contributed by atoms with Gasteiger partial charge in [0.1, 0.15) is 43.0 Å². The molecule has 0 aromatic heterocycles. The standard InChI is InChI=1S/C32H29N5O8S2.2Na/c1-18-12-20(3)30(28(13-18)46(39,40)41)36-34-25-17-27(45-4)26(14-19(25)2)35-37-31-29(47(42,43)44)16-21-15-23(10-11-24(21)32(31)38)33-22-8-6-5-7-9-22;;/h5-17,33,38H,1-4H3,(H,39,40,41)(H,42,43,44);;/q;2*+1/p-2. The molecule has 0 atom stereocenters. The molecule has 0 aliphatic rings. The minimum absolute atomic E-state index is 0. The number of para-hydroxylation sites is 1. The van der Waals surface area contributed by atoms with Gasteiger partial charge in [-0.1, -0.05) is 24.3 Å². The molecular formula is C32H27N5Na2O8S2. The molecule has 5 aromatic carbocycles. The number of aromatic hydroxyl groups is 1. The molecule has 0 radical (unpaired) electrons. The maximum atomic E-state index is 12.3. The molecule has 0 aliphatic carbocycles. The molecule has 0 heterocycles. The first-order valence-electron chi connectivity index (χ1n) is 13.8. The van der Waals surface area contributed by atoms with Crippen LogP contribution in [0.4, 0.5) is 34.1 Å². The SMILES string of the molecule is COc1cc(N=Nc2c(C)cc(C)cc2S(=O)(=O)[O-])c(C)cc1N=Nc1c(S(=O)(=O)[O-])cc2cc(Nc3ccccc3)ccc2c1O.[Na+].[Na+]. The van der Waals surface area contributed by atoms with Gasteiger partial charge in [0.25, 0.3) is 0 Å². The van der Waals surface area contributed by atoms with Crippen molar-refractivity contribution in [3.05, 3.63) is 95.6 Å². The Labute approximate surface area is 327 Å². The zero-order valence-corrected chi connectivity index (χ0v) is 33.0. The fourth-order valence-electron chi connectivity index (χ4n) is 4.86. The number of hydrogen-bond acceptors (Lipinski definition) is 13. The molecule has 49 heavy (non-hydrogen) atoms. The minimum atomic E-state index is -5.12. The van der Waals surface area contributed by atoms with Crippen molar-refractivity contribution in [1.29, 1.82) is 0 Å². The van der Waals surface area contributed by atoms with E-state index in [0.717, 1.165) is 11.8 Å². The van der Waals surface area contributed by atoms with Crippen molar-refractivity contribution < 1.29 is 94.9 Å². The smallest absolute Gasteiger partial charge is 0.744 e. The van der Waals surface area contributed by atoms with E-state index in [1.807, 2.05) is 30.3 Å². The van der Waals surface area contributed by atoms with E-state index in [-0.39, 0.29) is 92.7 Å². The van der Waals surface area contributed by atoms with Crippen LogP contribution in [-0.2, 0) is 20.2 Å². The van der Waals surface area contributed by atoms with Gasteiger partial charge in [-0.3, -0.25) is 0 Å². The molecular weight excluding hydrogens is 692 g/mol. The molecule has 0 saturated heterocycles. The molecule has 0 fully saturated rings. The Bertz CT molecular complexity index is 2320. The average molecular weight is 720 g/mol. The van der Waals surface area contributed by atoms with Crippen molar-refractivity contribution in [1.82, 2.24) is 0 Å². The van der Waals surface area contributed by atoms with Gasteiger partial charge in [-0.05, 0) is 91.4 Å². The van der Waals surface area contributed by atoms with E-state index >= 15 is 0 Å². The number of azo groups is 2. The van der Waals surface area contributed by atoms with E-state index in [1.54, 1.807) is 45.0 Å². The molecule has 0 bridgehead atoms. The van der Waals surface area contributed by atoms with Crippen LogP contribution in [-0.4, -0.2) is 38.2 Å². The second-order valence-corrected chi connectivity index (χ2v) is 13.2. The minimum Gasteiger partial charge on any atom is -0.744 e. The number of phenolic OH excluding ortho intramolecular Hbond substituents is 1. The summed E-state index contributed by atoms with van der Waals surface area (Å²) >= 11 is 0. The van der Waals surface area contributed by atoms with Crippen LogP contribution in [0, 0.1) is 20.8 Å². The summed E-state index contributed by atoms with van der Waals surface area (Å²) in [5.74, 6) is -0.459. The van der Waals surface area contributed by atoms with Gasteiger partial charge in [0.05, 0.1) is 22.6 Å². The van der Waals surface area contributed by atoms with Gasteiger partial charge in [-0.15, -0.1) is 15.3 Å². The largest absolute Gasteiger partial charge is 1.00 e. The molecule has 0 unspecified atom stereocenters. The van der Waals surface area contributed by atoms with Crippen LogP contribution in [0.15, 0.2) is 109 Å². The van der Waals surface area contributed by atoms with Crippen LogP contribution in [0.3, 0.4) is 0 Å². The number of ether oxygens (including phenoxy) is 1. The van der Waals surface area contributed by atoms with Crippen LogP contribution >= 0.6 is 0 Å². The predicted molar refractivity (Wildman–Crippen MR) is 173 cm³/mol. The Balaban J connectivity index is 0.00000325. The molecule has 5 rings (SSSR count). The summed E-state index contributed by atoms with van der Waals surface area (Å²) in [6.45, 7) is 4.90. The summed E-state index contributed by atoms with van der Waals surface area (Å²) in [7, 11) is -8.62. The number of fused-ring (bicyclic) bond motifs is 1. The molecule has 242 valence electrons. The number of hydrogen-bond donors (Lipinski definition) is 2. The van der Waals surface area contributed by atoms with Gasteiger partial charge in [-0.2, -0.15) is 5.11 Å². The molecule has 5 aromatic rings. The van der Waals surface area contributed by atoms with E-state index in [2.05, 4.69) is 25.8 Å². The van der Waals surface area contributed by atoms with Gasteiger partial charge >= 0.3 is 59.1 Å². The quantitative estimate of drug-likeness (QED) is 0.129. The van der Waals surface area contributed by atoms with E-state index in [1.165, 1.54) is 25.3 Å². The summed E-state index contributed by atoms with van der Waals surface area (Å²) in [5, 5.41) is 31.0. The van der Waals surface area contributed by atoms with Crippen molar-refractivity contribution in [2.24, 2.45) is 20.5 Å². The van der Waals surface area contributed by atoms with E-state index < -0.39 is 41.5 Å². The third-order valence-corrected chi connectivity index (χ3v) is 8.77. The van der Waals surface area contributed by atoms with Crippen molar-refractivity contribution in [2.45, 2.75) is 30.6 Å². The third kappa shape index (κ3) is 9.32. The molecule has 0 aliphatic heterocycles.